The van der Waals surface area contributed by atoms with E-state index in [2.05, 4.69) is 5.32 Å². The number of benzene rings is 1. The number of hydrogen-bond acceptors (Lipinski definition) is 3. The molecule has 1 N–H and O–H groups in total. The molecule has 0 aromatic heterocycles. The molecular formula is C13H18FN3O2. The van der Waals surface area contributed by atoms with Crippen LogP contribution >= 0.6 is 0 Å². The molecule has 0 spiro atoms. The third-order valence-corrected chi connectivity index (χ3v) is 2.45. The minimum Gasteiger partial charge on any atom is -0.348 e. The Kier molecular flexibility index (Phi) is 5.44. The van der Waals surface area contributed by atoms with Gasteiger partial charge in [-0.3, -0.25) is 14.5 Å². The van der Waals surface area contributed by atoms with Crippen molar-refractivity contribution >= 4 is 17.5 Å². The van der Waals surface area contributed by atoms with Crippen molar-refractivity contribution in [1.29, 1.82) is 0 Å². The molecule has 0 heterocycles. The van der Waals surface area contributed by atoms with Gasteiger partial charge in [-0.2, -0.15) is 0 Å². The highest BCUT2D eigenvalue weighted by Gasteiger charge is 2.11. The normalized spacial score (nSPS) is 10.4. The van der Waals surface area contributed by atoms with Gasteiger partial charge in [0.25, 0.3) is 0 Å². The maximum atomic E-state index is 12.7. The predicted octanol–water partition coefficient (Wildman–Crippen LogP) is 0.784. The molecule has 0 aliphatic rings. The van der Waals surface area contributed by atoms with E-state index in [9.17, 15) is 14.0 Å². The van der Waals surface area contributed by atoms with Crippen molar-refractivity contribution in [1.82, 2.24) is 9.80 Å². The third-order valence-electron chi connectivity index (χ3n) is 2.45. The molecule has 0 unspecified atom stereocenters. The van der Waals surface area contributed by atoms with Crippen molar-refractivity contribution in [2.45, 2.75) is 0 Å². The standard InChI is InChI=1S/C13H18FN3O2/c1-16(2)13(19)9-17(3)8-12(18)15-11-6-4-10(14)5-7-11/h4-7H,8-9H2,1-3H3,(H,15,18). The molecule has 0 aliphatic carbocycles. The van der Waals surface area contributed by atoms with E-state index in [0.29, 0.717) is 5.69 Å². The van der Waals surface area contributed by atoms with Gasteiger partial charge in [0, 0.05) is 19.8 Å². The number of likely N-dealkylation sites (N-methyl/N-ethyl adjacent to an activating group) is 2. The second-order valence-electron chi connectivity index (χ2n) is 4.52. The monoisotopic (exact) mass is 267 g/mol. The number of hydrogen-bond donors (Lipinski definition) is 1. The van der Waals surface area contributed by atoms with Crippen LogP contribution in [0, 0.1) is 5.82 Å². The molecule has 0 bridgehead atoms. The van der Waals surface area contributed by atoms with E-state index in [1.54, 1.807) is 26.0 Å². The zero-order chi connectivity index (χ0) is 14.4. The Morgan fingerprint density at radius 2 is 1.68 bits per heavy atom. The number of carbonyl (C=O) groups is 2. The minimum absolute atomic E-state index is 0.0721. The SMILES string of the molecule is CN(CC(=O)Nc1ccc(F)cc1)CC(=O)N(C)C. The Bertz CT molecular complexity index is 446. The Morgan fingerprint density at radius 3 is 2.21 bits per heavy atom. The number of nitrogens with zero attached hydrogens (tertiary/aromatic N) is 2. The van der Waals surface area contributed by atoms with Crippen LogP contribution in [0.3, 0.4) is 0 Å². The first-order chi connectivity index (χ1) is 8.88. The second-order valence-corrected chi connectivity index (χ2v) is 4.52. The lowest BCUT2D eigenvalue weighted by Crippen LogP contribution is -2.38. The van der Waals surface area contributed by atoms with Crippen LogP contribution in [0.25, 0.3) is 0 Å². The lowest BCUT2D eigenvalue weighted by molar-refractivity contribution is -0.130. The summed E-state index contributed by atoms with van der Waals surface area (Å²) in [5, 5.41) is 2.63. The van der Waals surface area contributed by atoms with E-state index in [-0.39, 0.29) is 30.7 Å². The maximum Gasteiger partial charge on any atom is 0.238 e. The minimum atomic E-state index is -0.355. The average molecular weight is 267 g/mol. The van der Waals surface area contributed by atoms with Gasteiger partial charge in [0.1, 0.15) is 5.82 Å². The van der Waals surface area contributed by atoms with Gasteiger partial charge in [-0.25, -0.2) is 4.39 Å². The van der Waals surface area contributed by atoms with Crippen molar-refractivity contribution < 1.29 is 14.0 Å². The third kappa shape index (κ3) is 5.48. The number of anilines is 1. The van der Waals surface area contributed by atoms with Gasteiger partial charge in [0.2, 0.25) is 11.8 Å². The smallest absolute Gasteiger partial charge is 0.238 e. The van der Waals surface area contributed by atoms with Crippen molar-refractivity contribution in [3.63, 3.8) is 0 Å². The Morgan fingerprint density at radius 1 is 1.11 bits per heavy atom. The van der Waals surface area contributed by atoms with Gasteiger partial charge in [-0.15, -0.1) is 0 Å². The van der Waals surface area contributed by atoms with E-state index >= 15 is 0 Å². The van der Waals surface area contributed by atoms with E-state index < -0.39 is 0 Å². The summed E-state index contributed by atoms with van der Waals surface area (Å²) in [5.41, 5.74) is 0.527. The van der Waals surface area contributed by atoms with E-state index in [0.717, 1.165) is 0 Å². The van der Waals surface area contributed by atoms with E-state index in [1.165, 1.54) is 29.2 Å². The summed E-state index contributed by atoms with van der Waals surface area (Å²) < 4.78 is 12.7. The lowest BCUT2D eigenvalue weighted by Gasteiger charge is -2.18. The highest BCUT2D eigenvalue weighted by molar-refractivity contribution is 5.92. The van der Waals surface area contributed by atoms with Crippen LogP contribution in [0.4, 0.5) is 10.1 Å². The Hall–Kier alpha value is -1.95. The first kappa shape index (κ1) is 15.1. The summed E-state index contributed by atoms with van der Waals surface area (Å²) in [5.74, 6) is -0.676. The molecule has 0 fully saturated rings. The van der Waals surface area contributed by atoms with Crippen LogP contribution in [0.1, 0.15) is 0 Å². The van der Waals surface area contributed by atoms with Crippen molar-refractivity contribution in [3.8, 4) is 0 Å². The number of nitrogens with one attached hydrogen (secondary N) is 1. The fourth-order valence-corrected chi connectivity index (χ4v) is 1.41. The van der Waals surface area contributed by atoms with Crippen molar-refractivity contribution in [3.05, 3.63) is 30.1 Å². The maximum absolute atomic E-state index is 12.7. The van der Waals surface area contributed by atoms with Crippen molar-refractivity contribution in [2.75, 3.05) is 39.5 Å². The predicted molar refractivity (Wildman–Crippen MR) is 71.2 cm³/mol. The molecule has 1 aromatic carbocycles. The highest BCUT2D eigenvalue weighted by Crippen LogP contribution is 2.07. The molecule has 1 aromatic rings. The number of carbonyl (C=O) groups excluding carboxylic acids is 2. The van der Waals surface area contributed by atoms with Gasteiger partial charge in [-0.05, 0) is 31.3 Å². The molecule has 2 amide bonds. The molecule has 0 saturated heterocycles. The van der Waals surface area contributed by atoms with Gasteiger partial charge in [0.05, 0.1) is 13.1 Å². The largest absolute Gasteiger partial charge is 0.348 e. The fourth-order valence-electron chi connectivity index (χ4n) is 1.41. The van der Waals surface area contributed by atoms with Crippen LogP contribution in [-0.4, -0.2) is 55.8 Å². The molecule has 104 valence electrons. The van der Waals surface area contributed by atoms with Crippen LogP contribution in [0.2, 0.25) is 0 Å². The van der Waals surface area contributed by atoms with Crippen molar-refractivity contribution in [2.24, 2.45) is 0 Å². The fraction of sp³-hybridized carbons (Fsp3) is 0.385. The summed E-state index contributed by atoms with van der Waals surface area (Å²) in [6.07, 6.45) is 0. The molecule has 0 atom stereocenters. The number of amides is 2. The average Bonchev–Trinajstić information content (AvgIpc) is 2.31. The second kappa shape index (κ2) is 6.84. The Labute approximate surface area is 112 Å². The van der Waals surface area contributed by atoms with Crippen LogP contribution < -0.4 is 5.32 Å². The first-order valence-electron chi connectivity index (χ1n) is 5.82. The first-order valence-corrected chi connectivity index (χ1v) is 5.82. The molecule has 5 nitrogen and oxygen atoms in total. The molecule has 0 aliphatic heterocycles. The molecule has 19 heavy (non-hydrogen) atoms. The van der Waals surface area contributed by atoms with Gasteiger partial charge >= 0.3 is 0 Å². The Balaban J connectivity index is 2.42. The van der Waals surface area contributed by atoms with Gasteiger partial charge in [0.15, 0.2) is 0 Å². The highest BCUT2D eigenvalue weighted by atomic mass is 19.1. The molecule has 0 saturated carbocycles. The lowest BCUT2D eigenvalue weighted by atomic mass is 10.3. The van der Waals surface area contributed by atoms with Gasteiger partial charge < -0.3 is 10.2 Å². The molecule has 6 heteroatoms. The topological polar surface area (TPSA) is 52.7 Å². The van der Waals surface area contributed by atoms with Crippen LogP contribution in [-0.2, 0) is 9.59 Å². The number of rotatable bonds is 5. The molecular weight excluding hydrogens is 249 g/mol. The van der Waals surface area contributed by atoms with Crippen LogP contribution in [0.5, 0.6) is 0 Å². The van der Waals surface area contributed by atoms with Crippen LogP contribution in [0.15, 0.2) is 24.3 Å². The summed E-state index contributed by atoms with van der Waals surface area (Å²) in [4.78, 5) is 26.2. The van der Waals surface area contributed by atoms with Gasteiger partial charge in [-0.1, -0.05) is 0 Å². The zero-order valence-corrected chi connectivity index (χ0v) is 11.3. The summed E-state index contributed by atoms with van der Waals surface area (Å²) in [7, 11) is 5.01. The summed E-state index contributed by atoms with van der Waals surface area (Å²) in [6, 6.07) is 5.51. The van der Waals surface area contributed by atoms with E-state index in [4.69, 9.17) is 0 Å². The quantitative estimate of drug-likeness (QED) is 0.858. The molecule has 1 rings (SSSR count). The number of halogens is 1. The zero-order valence-electron chi connectivity index (χ0n) is 11.3. The summed E-state index contributed by atoms with van der Waals surface area (Å²) in [6.45, 7) is 0.265. The molecule has 0 radical (unpaired) electrons. The van der Waals surface area contributed by atoms with E-state index in [1.807, 2.05) is 0 Å². The summed E-state index contributed by atoms with van der Waals surface area (Å²) >= 11 is 0.